The number of fused-ring (bicyclic) bond motifs is 1. The van der Waals surface area contributed by atoms with Gasteiger partial charge in [0.15, 0.2) is 10.8 Å². The van der Waals surface area contributed by atoms with Crippen molar-refractivity contribution in [1.29, 1.82) is 0 Å². The van der Waals surface area contributed by atoms with Crippen LogP contribution in [0.3, 0.4) is 0 Å². The van der Waals surface area contributed by atoms with E-state index in [4.69, 9.17) is 30.9 Å². The highest BCUT2D eigenvalue weighted by Gasteiger charge is 2.54. The molecule has 0 aliphatic carbocycles. The number of oxime groups is 1. The molecule has 2 N–H and O–H groups in total. The largest absolute Gasteiger partial charge is 0.497 e. The molecule has 3 heterocycles. The molecule has 2 amide bonds. The Balaban J connectivity index is 1.11. The number of thioether (sulfide) groups is 1. The molecule has 0 bridgehead atoms. The van der Waals surface area contributed by atoms with Crippen molar-refractivity contribution in [3.8, 4) is 5.75 Å². The minimum Gasteiger partial charge on any atom is -0.497 e. The van der Waals surface area contributed by atoms with Crippen LogP contribution in [-0.2, 0) is 36.1 Å². The van der Waals surface area contributed by atoms with Crippen LogP contribution in [0.5, 0.6) is 5.75 Å². The topological polar surface area (TPSA) is 131 Å². The molecule has 11 nitrogen and oxygen atoms in total. The number of β-lactam (4-membered cyclic amide) rings is 1. The zero-order valence-electron chi connectivity index (χ0n) is 30.5. The van der Waals surface area contributed by atoms with Crippen LogP contribution >= 0.6 is 34.7 Å². The normalized spacial score (nSPS) is 16.7. The number of nitrogens with zero attached hydrogens (tertiary/aromatic N) is 3. The molecule has 1 aromatic heterocycles. The number of nitrogens with one attached hydrogen (secondary N) is 2. The molecule has 2 aliphatic rings. The molecule has 4 aromatic carbocycles. The maximum atomic E-state index is 14.0. The monoisotopic (exact) mass is 807 g/mol. The van der Waals surface area contributed by atoms with Gasteiger partial charge in [0.25, 0.3) is 11.8 Å². The maximum absolute atomic E-state index is 14.0. The van der Waals surface area contributed by atoms with Gasteiger partial charge in [0.2, 0.25) is 0 Å². The lowest BCUT2D eigenvalue weighted by atomic mass is 9.77. The number of rotatable bonds is 15. The molecule has 2 atom stereocenters. The Morgan fingerprint density at radius 1 is 0.929 bits per heavy atom. The molecule has 1 fully saturated rings. The van der Waals surface area contributed by atoms with Crippen molar-refractivity contribution in [2.75, 3.05) is 30.7 Å². The Morgan fingerprint density at radius 2 is 1.54 bits per heavy atom. The average molecular weight is 808 g/mol. The lowest BCUT2D eigenvalue weighted by Gasteiger charge is -2.49. The molecular weight excluding hydrogens is 770 g/mol. The summed E-state index contributed by atoms with van der Waals surface area (Å²) in [6.45, 7) is 1.95. The molecule has 286 valence electrons. The van der Waals surface area contributed by atoms with Crippen LogP contribution < -0.4 is 15.4 Å². The number of halogens is 1. The molecule has 5 aromatic rings. The van der Waals surface area contributed by atoms with Crippen molar-refractivity contribution in [2.24, 2.45) is 5.16 Å². The molecular formula is C42H38ClN5O6S2. The Labute approximate surface area is 337 Å². The third-order valence-corrected chi connectivity index (χ3v) is 11.8. The molecule has 2 aliphatic heterocycles. The number of anilines is 1. The van der Waals surface area contributed by atoms with Gasteiger partial charge in [0.1, 0.15) is 47.3 Å². The van der Waals surface area contributed by atoms with Gasteiger partial charge >= 0.3 is 5.97 Å². The third-order valence-electron chi connectivity index (χ3n) is 9.38. The third kappa shape index (κ3) is 7.75. The minimum absolute atomic E-state index is 0.00714. The predicted molar refractivity (Wildman–Crippen MR) is 219 cm³/mol. The fourth-order valence-electron chi connectivity index (χ4n) is 6.64. The van der Waals surface area contributed by atoms with E-state index < -0.39 is 34.7 Å². The number of esters is 1. The van der Waals surface area contributed by atoms with E-state index in [1.807, 2.05) is 54.6 Å². The Hall–Kier alpha value is -5.63. The highest BCUT2D eigenvalue weighted by molar-refractivity contribution is 8.00. The number of benzene rings is 4. The number of amides is 2. The Kier molecular flexibility index (Phi) is 12.0. The lowest BCUT2D eigenvalue weighted by molar-refractivity contribution is -0.153. The first-order valence-electron chi connectivity index (χ1n) is 17.8. The molecule has 0 saturated carbocycles. The van der Waals surface area contributed by atoms with Crippen LogP contribution in [0.1, 0.15) is 34.9 Å². The summed E-state index contributed by atoms with van der Waals surface area (Å²) in [5, 5.41) is 12.4. The van der Waals surface area contributed by atoms with Crippen molar-refractivity contribution in [3.05, 3.63) is 160 Å². The first-order chi connectivity index (χ1) is 27.4. The van der Waals surface area contributed by atoms with Gasteiger partial charge in [-0.3, -0.25) is 14.5 Å². The van der Waals surface area contributed by atoms with Crippen molar-refractivity contribution in [3.63, 3.8) is 0 Å². The molecule has 0 spiro atoms. The van der Waals surface area contributed by atoms with Crippen molar-refractivity contribution in [2.45, 2.75) is 30.5 Å². The van der Waals surface area contributed by atoms with Gasteiger partial charge in [-0.25, -0.2) is 9.78 Å². The second-order valence-electron chi connectivity index (χ2n) is 12.7. The summed E-state index contributed by atoms with van der Waals surface area (Å²) in [5.41, 5.74) is 3.72. The number of carbonyl (C=O) groups is 3. The van der Waals surface area contributed by atoms with Crippen LogP contribution in [0.2, 0.25) is 0 Å². The lowest BCUT2D eigenvalue weighted by Crippen LogP contribution is -2.71. The van der Waals surface area contributed by atoms with E-state index in [-0.39, 0.29) is 36.2 Å². The van der Waals surface area contributed by atoms with E-state index in [0.717, 1.165) is 22.3 Å². The summed E-state index contributed by atoms with van der Waals surface area (Å²) in [6.07, 6.45) is 0. The summed E-state index contributed by atoms with van der Waals surface area (Å²) in [6, 6.07) is 36.5. The van der Waals surface area contributed by atoms with Crippen molar-refractivity contribution in [1.82, 2.24) is 15.2 Å². The van der Waals surface area contributed by atoms with E-state index in [1.165, 1.54) is 28.0 Å². The molecule has 7 rings (SSSR count). The zero-order valence-corrected chi connectivity index (χ0v) is 32.9. The average Bonchev–Trinajstić information content (AvgIpc) is 3.72. The molecule has 56 heavy (non-hydrogen) atoms. The van der Waals surface area contributed by atoms with Crippen LogP contribution in [0.15, 0.2) is 137 Å². The van der Waals surface area contributed by atoms with E-state index in [1.54, 1.807) is 43.7 Å². The number of thiazole rings is 1. The van der Waals surface area contributed by atoms with Crippen LogP contribution in [0, 0.1) is 0 Å². The SMILES string of the molecule is CCO/N=C(\C(=O)NC1C(=O)N2C(C(=O)OCc3ccc(OC)cc3)=C(CCl)CS[C@H]12)c1csc(NC(c2ccccc2)(c2ccccc2)c2ccccc2)n1. The summed E-state index contributed by atoms with van der Waals surface area (Å²) in [5.74, 6) is -0.687. The Morgan fingerprint density at radius 3 is 2.09 bits per heavy atom. The smallest absolute Gasteiger partial charge is 0.355 e. The van der Waals surface area contributed by atoms with Crippen LogP contribution in [0.4, 0.5) is 5.13 Å². The number of ether oxygens (including phenoxy) is 2. The highest BCUT2D eigenvalue weighted by atomic mass is 35.5. The number of alkyl halides is 1. The van der Waals surface area contributed by atoms with E-state index in [0.29, 0.717) is 22.2 Å². The van der Waals surface area contributed by atoms with Crippen LogP contribution in [-0.4, -0.2) is 70.1 Å². The molecule has 1 unspecified atom stereocenters. The second-order valence-corrected chi connectivity index (χ2v) is 15.0. The zero-order chi connectivity index (χ0) is 39.1. The van der Waals surface area contributed by atoms with Gasteiger partial charge in [0, 0.05) is 17.0 Å². The van der Waals surface area contributed by atoms with Crippen molar-refractivity contribution >= 4 is 63.3 Å². The highest BCUT2D eigenvalue weighted by Crippen LogP contribution is 2.42. The standard InChI is InChI=1S/C42H38ClN5O6S2/c1-3-54-47-34(33-26-56-41(44-33)46-42(29-13-7-4-8-14-29,30-15-9-5-10-16-30)31-17-11-6-12-18-31)37(49)45-35-38(50)48-36(28(23-43)25-55-39(35)48)40(51)53-24-27-19-21-32(52-2)22-20-27/h4-22,26,35,39H,3,23-25H2,1-2H3,(H,44,46)(H,45,49)/b47-34-/t35?,39-/m1/s1. The summed E-state index contributed by atoms with van der Waals surface area (Å²) < 4.78 is 10.8. The van der Waals surface area contributed by atoms with Gasteiger partial charge in [-0.2, -0.15) is 0 Å². The minimum atomic E-state index is -0.946. The summed E-state index contributed by atoms with van der Waals surface area (Å²) >= 11 is 8.95. The fraction of sp³-hybridized carbons (Fsp3) is 0.214. The van der Waals surface area contributed by atoms with Gasteiger partial charge in [0.05, 0.1) is 7.11 Å². The number of carbonyl (C=O) groups excluding carboxylic acids is 3. The van der Waals surface area contributed by atoms with E-state index in [2.05, 4.69) is 52.2 Å². The summed E-state index contributed by atoms with van der Waals surface area (Å²) in [7, 11) is 1.57. The molecule has 1 saturated heterocycles. The first kappa shape index (κ1) is 38.6. The summed E-state index contributed by atoms with van der Waals surface area (Å²) in [4.78, 5) is 52.7. The van der Waals surface area contributed by atoms with Gasteiger partial charge < -0.3 is 24.9 Å². The number of hydrogen-bond acceptors (Lipinski definition) is 11. The van der Waals surface area contributed by atoms with Gasteiger partial charge in [-0.05, 0) is 46.9 Å². The molecule has 0 radical (unpaired) electrons. The predicted octanol–water partition coefficient (Wildman–Crippen LogP) is 6.93. The quantitative estimate of drug-likeness (QED) is 0.0289. The van der Waals surface area contributed by atoms with Gasteiger partial charge in [-0.15, -0.1) is 34.7 Å². The molecule has 14 heteroatoms. The van der Waals surface area contributed by atoms with Gasteiger partial charge in [-0.1, -0.05) is 108 Å². The van der Waals surface area contributed by atoms with E-state index >= 15 is 0 Å². The van der Waals surface area contributed by atoms with Crippen LogP contribution in [0.25, 0.3) is 0 Å². The number of methoxy groups -OCH3 is 1. The first-order valence-corrected chi connectivity index (χ1v) is 20.3. The number of hydrogen-bond donors (Lipinski definition) is 2. The second kappa shape index (κ2) is 17.4. The van der Waals surface area contributed by atoms with E-state index in [9.17, 15) is 14.4 Å². The number of aromatic nitrogens is 1. The van der Waals surface area contributed by atoms with Crippen molar-refractivity contribution < 1.29 is 28.7 Å². The maximum Gasteiger partial charge on any atom is 0.355 e. The fourth-order valence-corrected chi connectivity index (χ4v) is 9.07. The Bertz CT molecular complexity index is 2140.